The molecule has 0 radical (unpaired) electrons. The molecular weight excluding hydrogens is 404 g/mol. The van der Waals surface area contributed by atoms with Gasteiger partial charge in [0.05, 0.1) is 24.7 Å². The van der Waals surface area contributed by atoms with E-state index < -0.39 is 5.91 Å². The molecule has 7 heteroatoms. The fourth-order valence-electron chi connectivity index (χ4n) is 3.05. The number of methoxy groups -OCH3 is 1. The SMILES string of the molecule is COc1cc(/C=N/NC(=O)c2nc(-c3ccccc3)cc(-c3ccccc3)n2)ccc1O. The summed E-state index contributed by atoms with van der Waals surface area (Å²) < 4.78 is 5.07. The van der Waals surface area contributed by atoms with Crippen molar-refractivity contribution in [3.8, 4) is 34.0 Å². The summed E-state index contributed by atoms with van der Waals surface area (Å²) in [6, 6.07) is 25.8. The average molecular weight is 424 g/mol. The maximum Gasteiger partial charge on any atom is 0.309 e. The number of aromatic nitrogens is 2. The molecule has 0 aliphatic rings. The Hall–Kier alpha value is -4.52. The minimum atomic E-state index is -0.540. The second-order valence-corrected chi connectivity index (χ2v) is 6.82. The van der Waals surface area contributed by atoms with Crippen molar-refractivity contribution in [3.63, 3.8) is 0 Å². The van der Waals surface area contributed by atoms with Gasteiger partial charge in [-0.25, -0.2) is 15.4 Å². The Labute approximate surface area is 185 Å². The number of aromatic hydroxyl groups is 1. The summed E-state index contributed by atoms with van der Waals surface area (Å²) in [5.74, 6) is -0.201. The summed E-state index contributed by atoms with van der Waals surface area (Å²) in [4.78, 5) is 21.7. The molecule has 0 saturated heterocycles. The predicted molar refractivity (Wildman–Crippen MR) is 123 cm³/mol. The molecule has 1 heterocycles. The van der Waals surface area contributed by atoms with E-state index >= 15 is 0 Å². The minimum Gasteiger partial charge on any atom is -0.504 e. The van der Waals surface area contributed by atoms with Gasteiger partial charge in [0.15, 0.2) is 11.5 Å². The van der Waals surface area contributed by atoms with Gasteiger partial charge in [-0.15, -0.1) is 0 Å². The van der Waals surface area contributed by atoms with Gasteiger partial charge in [-0.05, 0) is 29.8 Å². The van der Waals surface area contributed by atoms with Crippen molar-refractivity contribution in [2.24, 2.45) is 5.10 Å². The van der Waals surface area contributed by atoms with Crippen LogP contribution in [0.2, 0.25) is 0 Å². The highest BCUT2D eigenvalue weighted by Crippen LogP contribution is 2.26. The Morgan fingerprint density at radius 3 is 2.06 bits per heavy atom. The van der Waals surface area contributed by atoms with Crippen LogP contribution >= 0.6 is 0 Å². The molecule has 1 aromatic heterocycles. The lowest BCUT2D eigenvalue weighted by atomic mass is 10.1. The number of phenolic OH excluding ortho intramolecular Hbond substituents is 1. The number of nitrogens with one attached hydrogen (secondary N) is 1. The number of hydrogen-bond donors (Lipinski definition) is 2. The summed E-state index contributed by atoms with van der Waals surface area (Å²) in [5.41, 5.74) is 6.13. The van der Waals surface area contributed by atoms with Crippen LogP contribution in [0.15, 0.2) is 90.0 Å². The zero-order chi connectivity index (χ0) is 22.3. The van der Waals surface area contributed by atoms with Gasteiger partial charge in [0, 0.05) is 11.1 Å². The van der Waals surface area contributed by atoms with Gasteiger partial charge in [-0.3, -0.25) is 4.79 Å². The molecule has 0 aliphatic heterocycles. The number of carbonyl (C=O) groups excluding carboxylic acids is 1. The van der Waals surface area contributed by atoms with Crippen LogP contribution in [0.3, 0.4) is 0 Å². The molecule has 1 amide bonds. The van der Waals surface area contributed by atoms with Crippen LogP contribution in [0.5, 0.6) is 11.5 Å². The highest BCUT2D eigenvalue weighted by Gasteiger charge is 2.14. The van der Waals surface area contributed by atoms with Gasteiger partial charge < -0.3 is 9.84 Å². The number of hydrazone groups is 1. The molecule has 0 saturated carbocycles. The Bertz CT molecular complexity index is 1200. The summed E-state index contributed by atoms with van der Waals surface area (Å²) in [5, 5.41) is 13.7. The van der Waals surface area contributed by atoms with Crippen LogP contribution in [0.1, 0.15) is 16.2 Å². The number of phenols is 1. The van der Waals surface area contributed by atoms with E-state index in [2.05, 4.69) is 20.5 Å². The molecule has 2 N–H and O–H groups in total. The van der Waals surface area contributed by atoms with Crippen LogP contribution in [0.4, 0.5) is 0 Å². The summed E-state index contributed by atoms with van der Waals surface area (Å²) in [6.45, 7) is 0. The van der Waals surface area contributed by atoms with E-state index in [0.29, 0.717) is 22.7 Å². The lowest BCUT2D eigenvalue weighted by Gasteiger charge is -2.08. The van der Waals surface area contributed by atoms with Gasteiger partial charge in [-0.1, -0.05) is 60.7 Å². The summed E-state index contributed by atoms with van der Waals surface area (Å²) in [6.07, 6.45) is 1.44. The van der Waals surface area contributed by atoms with Crippen LogP contribution in [0.25, 0.3) is 22.5 Å². The molecular formula is C25H20N4O3. The molecule has 0 atom stereocenters. The number of rotatable bonds is 6. The number of ether oxygens (including phenoxy) is 1. The third kappa shape index (κ3) is 4.79. The van der Waals surface area contributed by atoms with E-state index in [-0.39, 0.29) is 11.6 Å². The average Bonchev–Trinajstić information content (AvgIpc) is 2.85. The fourth-order valence-corrected chi connectivity index (χ4v) is 3.05. The van der Waals surface area contributed by atoms with E-state index in [1.807, 2.05) is 66.7 Å². The normalized spacial score (nSPS) is 10.8. The minimum absolute atomic E-state index is 0.00522. The number of carbonyl (C=O) groups is 1. The van der Waals surface area contributed by atoms with Crippen LogP contribution in [-0.4, -0.2) is 34.3 Å². The van der Waals surface area contributed by atoms with Gasteiger partial charge in [0.1, 0.15) is 0 Å². The van der Waals surface area contributed by atoms with E-state index in [1.54, 1.807) is 12.1 Å². The van der Waals surface area contributed by atoms with E-state index in [4.69, 9.17) is 4.74 Å². The van der Waals surface area contributed by atoms with E-state index in [0.717, 1.165) is 11.1 Å². The largest absolute Gasteiger partial charge is 0.504 e. The quantitative estimate of drug-likeness (QED) is 0.356. The lowest BCUT2D eigenvalue weighted by Crippen LogP contribution is -2.21. The molecule has 0 spiro atoms. The first-order valence-electron chi connectivity index (χ1n) is 9.84. The summed E-state index contributed by atoms with van der Waals surface area (Å²) in [7, 11) is 1.46. The molecule has 158 valence electrons. The third-order valence-electron chi connectivity index (χ3n) is 4.65. The van der Waals surface area contributed by atoms with Crippen molar-refractivity contribution >= 4 is 12.1 Å². The van der Waals surface area contributed by atoms with E-state index in [9.17, 15) is 9.90 Å². The first-order chi connectivity index (χ1) is 15.6. The molecule has 7 nitrogen and oxygen atoms in total. The zero-order valence-electron chi connectivity index (χ0n) is 17.3. The molecule has 4 rings (SSSR count). The van der Waals surface area contributed by atoms with Crippen LogP contribution in [0, 0.1) is 0 Å². The number of benzene rings is 3. The van der Waals surface area contributed by atoms with Gasteiger partial charge in [-0.2, -0.15) is 5.10 Å². The number of hydrogen-bond acceptors (Lipinski definition) is 6. The molecule has 3 aromatic carbocycles. The van der Waals surface area contributed by atoms with Crippen molar-refractivity contribution < 1.29 is 14.6 Å². The fraction of sp³-hybridized carbons (Fsp3) is 0.0400. The van der Waals surface area contributed by atoms with Crippen molar-refractivity contribution in [3.05, 3.63) is 96.3 Å². The topological polar surface area (TPSA) is 96.7 Å². The first-order valence-corrected chi connectivity index (χ1v) is 9.84. The first kappa shape index (κ1) is 20.7. The van der Waals surface area contributed by atoms with Crippen molar-refractivity contribution in [1.29, 1.82) is 0 Å². The van der Waals surface area contributed by atoms with Crippen molar-refractivity contribution in [1.82, 2.24) is 15.4 Å². The Morgan fingerprint density at radius 1 is 0.906 bits per heavy atom. The Morgan fingerprint density at radius 2 is 1.50 bits per heavy atom. The predicted octanol–water partition coefficient (Wildman–Crippen LogP) is 4.29. The zero-order valence-corrected chi connectivity index (χ0v) is 17.3. The Kier molecular flexibility index (Phi) is 6.17. The highest BCUT2D eigenvalue weighted by atomic mass is 16.5. The molecule has 4 aromatic rings. The summed E-state index contributed by atoms with van der Waals surface area (Å²) >= 11 is 0. The standard InChI is InChI=1S/C25H20N4O3/c1-32-23-14-17(12-13-22(23)30)16-26-29-25(31)24-27-20(18-8-4-2-5-9-18)15-21(28-24)19-10-6-3-7-11-19/h2-16,30H,1H3,(H,29,31)/b26-16+. The maximum atomic E-state index is 12.8. The maximum absolute atomic E-state index is 12.8. The second-order valence-electron chi connectivity index (χ2n) is 6.82. The molecule has 32 heavy (non-hydrogen) atoms. The van der Waals surface area contributed by atoms with E-state index in [1.165, 1.54) is 19.4 Å². The van der Waals surface area contributed by atoms with Gasteiger partial charge in [0.2, 0.25) is 5.82 Å². The van der Waals surface area contributed by atoms with Crippen molar-refractivity contribution in [2.75, 3.05) is 7.11 Å². The lowest BCUT2D eigenvalue weighted by molar-refractivity contribution is 0.0945. The van der Waals surface area contributed by atoms with Gasteiger partial charge in [0.25, 0.3) is 0 Å². The highest BCUT2D eigenvalue weighted by molar-refractivity contribution is 5.92. The molecule has 0 bridgehead atoms. The third-order valence-corrected chi connectivity index (χ3v) is 4.65. The van der Waals surface area contributed by atoms with Crippen LogP contribution < -0.4 is 10.2 Å². The molecule has 0 unspecified atom stereocenters. The molecule has 0 aliphatic carbocycles. The smallest absolute Gasteiger partial charge is 0.309 e. The van der Waals surface area contributed by atoms with Crippen LogP contribution in [-0.2, 0) is 0 Å². The van der Waals surface area contributed by atoms with Crippen molar-refractivity contribution in [2.45, 2.75) is 0 Å². The number of nitrogens with zero attached hydrogens (tertiary/aromatic N) is 3. The molecule has 0 fully saturated rings. The monoisotopic (exact) mass is 424 g/mol. The Balaban J connectivity index is 1.62. The number of amides is 1. The van der Waals surface area contributed by atoms with Gasteiger partial charge >= 0.3 is 5.91 Å². The second kappa shape index (κ2) is 9.53.